The van der Waals surface area contributed by atoms with E-state index in [2.05, 4.69) is 27.6 Å². The van der Waals surface area contributed by atoms with Crippen molar-refractivity contribution in [3.63, 3.8) is 0 Å². The number of hydrogen-bond acceptors (Lipinski definition) is 5. The molecule has 6 nitrogen and oxygen atoms in total. The fraction of sp³-hybridized carbons (Fsp3) is 0.571. The second-order valence-corrected chi connectivity index (χ2v) is 5.15. The molecule has 0 unspecified atom stereocenters. The SMILES string of the molecule is CCN1CCC(CNC(=O)c2cnccc2NN)CC1. The molecule has 20 heavy (non-hydrogen) atoms. The molecule has 6 heteroatoms. The van der Waals surface area contributed by atoms with Crippen LogP contribution in [0.4, 0.5) is 5.69 Å². The largest absolute Gasteiger partial charge is 0.352 e. The number of amides is 1. The van der Waals surface area contributed by atoms with Crippen molar-refractivity contribution in [2.75, 3.05) is 31.6 Å². The molecule has 0 radical (unpaired) electrons. The van der Waals surface area contributed by atoms with Crippen LogP contribution in [0.3, 0.4) is 0 Å². The van der Waals surface area contributed by atoms with Crippen LogP contribution in [0, 0.1) is 5.92 Å². The van der Waals surface area contributed by atoms with Crippen molar-refractivity contribution in [2.45, 2.75) is 19.8 Å². The van der Waals surface area contributed by atoms with Crippen LogP contribution in [0.5, 0.6) is 0 Å². The van der Waals surface area contributed by atoms with Gasteiger partial charge in [0.2, 0.25) is 0 Å². The molecule has 4 N–H and O–H groups in total. The van der Waals surface area contributed by atoms with Gasteiger partial charge in [0.25, 0.3) is 5.91 Å². The van der Waals surface area contributed by atoms with Gasteiger partial charge in [-0.1, -0.05) is 6.92 Å². The van der Waals surface area contributed by atoms with Crippen LogP contribution in [0.15, 0.2) is 18.5 Å². The Morgan fingerprint density at radius 2 is 2.25 bits per heavy atom. The Morgan fingerprint density at radius 1 is 1.50 bits per heavy atom. The van der Waals surface area contributed by atoms with Gasteiger partial charge in [-0.25, -0.2) is 0 Å². The summed E-state index contributed by atoms with van der Waals surface area (Å²) in [6.07, 6.45) is 5.42. The van der Waals surface area contributed by atoms with Gasteiger partial charge >= 0.3 is 0 Å². The average molecular weight is 277 g/mol. The number of nitrogens with zero attached hydrogens (tertiary/aromatic N) is 2. The summed E-state index contributed by atoms with van der Waals surface area (Å²) in [7, 11) is 0. The number of rotatable bonds is 5. The van der Waals surface area contributed by atoms with Crippen LogP contribution in [0.2, 0.25) is 0 Å². The maximum absolute atomic E-state index is 12.1. The molecule has 0 aromatic carbocycles. The Labute approximate surface area is 119 Å². The Kier molecular flexibility index (Phi) is 5.31. The normalized spacial score (nSPS) is 16.9. The number of anilines is 1. The predicted molar refractivity (Wildman–Crippen MR) is 79.2 cm³/mol. The fourth-order valence-corrected chi connectivity index (χ4v) is 2.54. The summed E-state index contributed by atoms with van der Waals surface area (Å²) in [5.74, 6) is 5.84. The molecule has 1 aliphatic rings. The molecule has 1 saturated heterocycles. The molecule has 110 valence electrons. The maximum atomic E-state index is 12.1. The second kappa shape index (κ2) is 7.21. The molecule has 2 heterocycles. The zero-order valence-electron chi connectivity index (χ0n) is 11.9. The number of carbonyl (C=O) groups excluding carboxylic acids is 1. The minimum Gasteiger partial charge on any atom is -0.352 e. The van der Waals surface area contributed by atoms with Crippen molar-refractivity contribution in [2.24, 2.45) is 11.8 Å². The number of hydrazine groups is 1. The molecule has 0 aliphatic carbocycles. The molecule has 0 atom stereocenters. The summed E-state index contributed by atoms with van der Waals surface area (Å²) in [5.41, 5.74) is 3.60. The Balaban J connectivity index is 1.83. The van der Waals surface area contributed by atoms with Crippen molar-refractivity contribution in [3.8, 4) is 0 Å². The lowest BCUT2D eigenvalue weighted by molar-refractivity contribution is 0.0937. The summed E-state index contributed by atoms with van der Waals surface area (Å²) in [6.45, 7) is 6.26. The molecular weight excluding hydrogens is 254 g/mol. The minimum atomic E-state index is -0.121. The van der Waals surface area contributed by atoms with Gasteiger partial charge in [0, 0.05) is 18.9 Å². The van der Waals surface area contributed by atoms with Crippen LogP contribution in [-0.4, -0.2) is 42.0 Å². The number of pyridine rings is 1. The molecule has 0 spiro atoms. The smallest absolute Gasteiger partial charge is 0.255 e. The number of nitrogens with one attached hydrogen (secondary N) is 2. The van der Waals surface area contributed by atoms with E-state index in [1.807, 2.05) is 0 Å². The lowest BCUT2D eigenvalue weighted by atomic mass is 9.97. The highest BCUT2D eigenvalue weighted by atomic mass is 16.1. The van der Waals surface area contributed by atoms with E-state index in [1.165, 1.54) is 6.20 Å². The highest BCUT2D eigenvalue weighted by Gasteiger charge is 2.19. The first kappa shape index (κ1) is 14.7. The highest BCUT2D eigenvalue weighted by Crippen LogP contribution is 2.17. The number of carbonyl (C=O) groups is 1. The topological polar surface area (TPSA) is 83.3 Å². The van der Waals surface area contributed by atoms with Gasteiger partial charge in [0.1, 0.15) is 0 Å². The van der Waals surface area contributed by atoms with Crippen LogP contribution in [0.1, 0.15) is 30.1 Å². The summed E-state index contributed by atoms with van der Waals surface area (Å²) in [6, 6.07) is 1.69. The van der Waals surface area contributed by atoms with E-state index in [9.17, 15) is 4.79 Å². The first-order valence-corrected chi connectivity index (χ1v) is 7.15. The number of nitrogen functional groups attached to an aromatic ring is 1. The summed E-state index contributed by atoms with van der Waals surface area (Å²) >= 11 is 0. The summed E-state index contributed by atoms with van der Waals surface area (Å²) in [5, 5.41) is 2.98. The minimum absolute atomic E-state index is 0.121. The van der Waals surface area contributed by atoms with Crippen molar-refractivity contribution in [1.29, 1.82) is 0 Å². The lowest BCUT2D eigenvalue weighted by Gasteiger charge is -2.31. The number of likely N-dealkylation sites (tertiary alicyclic amines) is 1. The van der Waals surface area contributed by atoms with Gasteiger partial charge in [0.05, 0.1) is 11.3 Å². The van der Waals surface area contributed by atoms with Gasteiger partial charge in [-0.15, -0.1) is 0 Å². The Morgan fingerprint density at radius 3 is 2.90 bits per heavy atom. The third kappa shape index (κ3) is 3.68. The highest BCUT2D eigenvalue weighted by molar-refractivity contribution is 5.99. The zero-order valence-corrected chi connectivity index (χ0v) is 11.9. The predicted octanol–water partition coefficient (Wildman–Crippen LogP) is 0.829. The van der Waals surface area contributed by atoms with Crippen LogP contribution >= 0.6 is 0 Å². The van der Waals surface area contributed by atoms with Crippen molar-refractivity contribution >= 4 is 11.6 Å². The molecule has 0 saturated carbocycles. The van der Waals surface area contributed by atoms with E-state index in [-0.39, 0.29) is 5.91 Å². The zero-order chi connectivity index (χ0) is 14.4. The average Bonchev–Trinajstić information content (AvgIpc) is 2.53. The molecule has 1 fully saturated rings. The van der Waals surface area contributed by atoms with Crippen LogP contribution < -0.4 is 16.6 Å². The quantitative estimate of drug-likeness (QED) is 0.548. The summed E-state index contributed by atoms with van der Waals surface area (Å²) in [4.78, 5) is 18.5. The number of nitrogens with two attached hydrogens (primary N) is 1. The monoisotopic (exact) mass is 277 g/mol. The van der Waals surface area contributed by atoms with Crippen molar-refractivity contribution in [1.82, 2.24) is 15.2 Å². The first-order valence-electron chi connectivity index (χ1n) is 7.15. The van der Waals surface area contributed by atoms with Crippen molar-refractivity contribution in [3.05, 3.63) is 24.0 Å². The van der Waals surface area contributed by atoms with Crippen molar-refractivity contribution < 1.29 is 4.79 Å². The Hall–Kier alpha value is -1.66. The second-order valence-electron chi connectivity index (χ2n) is 5.15. The van der Waals surface area contributed by atoms with Gasteiger partial charge in [0.15, 0.2) is 0 Å². The van der Waals surface area contributed by atoms with Crippen LogP contribution in [0.25, 0.3) is 0 Å². The molecule has 1 amide bonds. The number of aromatic nitrogens is 1. The van der Waals surface area contributed by atoms with E-state index in [4.69, 9.17) is 5.84 Å². The third-order valence-corrected chi connectivity index (χ3v) is 3.93. The van der Waals surface area contributed by atoms with E-state index in [1.54, 1.807) is 12.3 Å². The van der Waals surface area contributed by atoms with E-state index < -0.39 is 0 Å². The molecule has 1 aromatic heterocycles. The molecule has 2 rings (SSSR count). The standard InChI is InChI=1S/C14H23N5O/c1-2-19-7-4-11(5-8-19)9-17-14(20)12-10-16-6-3-13(12)18-15/h3,6,10-11H,2,4-5,7-9,15H2,1H3,(H,16,18)(H,17,20). The van der Waals surface area contributed by atoms with Gasteiger partial charge in [-0.2, -0.15) is 0 Å². The fourth-order valence-electron chi connectivity index (χ4n) is 2.54. The Bertz CT molecular complexity index is 443. The number of hydrogen-bond donors (Lipinski definition) is 3. The molecule has 0 bridgehead atoms. The van der Waals surface area contributed by atoms with Gasteiger partial charge < -0.3 is 15.6 Å². The number of piperidine rings is 1. The molecular formula is C14H23N5O. The van der Waals surface area contributed by atoms with Gasteiger partial charge in [-0.05, 0) is 44.5 Å². The summed E-state index contributed by atoms with van der Waals surface area (Å²) < 4.78 is 0. The maximum Gasteiger partial charge on any atom is 0.255 e. The van der Waals surface area contributed by atoms with Gasteiger partial charge in [-0.3, -0.25) is 15.6 Å². The lowest BCUT2D eigenvalue weighted by Crippen LogP contribution is -2.38. The van der Waals surface area contributed by atoms with Crippen LogP contribution in [-0.2, 0) is 0 Å². The third-order valence-electron chi connectivity index (χ3n) is 3.93. The van der Waals surface area contributed by atoms with E-state index in [0.29, 0.717) is 17.2 Å². The van der Waals surface area contributed by atoms with E-state index >= 15 is 0 Å². The molecule has 1 aromatic rings. The van der Waals surface area contributed by atoms with E-state index in [0.717, 1.165) is 39.0 Å². The molecule has 1 aliphatic heterocycles. The first-order chi connectivity index (χ1) is 9.74.